The minimum Gasteiger partial charge on any atom is -0.497 e. The van der Waals surface area contributed by atoms with E-state index in [1.165, 1.54) is 6.33 Å². The standard InChI is InChI=1S/C20H21ClN4O2/c1-14-17(21)4-3-5-18(14)25-20-12-19(23-13-24-20)22-10-11-27-16-8-6-15(26-2)7-9-16/h3-9,12-13H,10-11H2,1-2H3,(H2,22,23,24,25). The van der Waals surface area contributed by atoms with Crippen LogP contribution >= 0.6 is 11.6 Å². The molecule has 0 aliphatic rings. The number of ether oxygens (including phenoxy) is 2. The molecule has 0 aliphatic heterocycles. The van der Waals surface area contributed by atoms with Gasteiger partial charge in [-0.25, -0.2) is 9.97 Å². The maximum atomic E-state index is 6.16. The summed E-state index contributed by atoms with van der Waals surface area (Å²) in [6.07, 6.45) is 1.51. The molecule has 0 atom stereocenters. The molecule has 0 radical (unpaired) electrons. The molecule has 2 N–H and O–H groups in total. The predicted molar refractivity (Wildman–Crippen MR) is 108 cm³/mol. The van der Waals surface area contributed by atoms with Crippen molar-refractivity contribution < 1.29 is 9.47 Å². The van der Waals surface area contributed by atoms with Crippen molar-refractivity contribution in [2.45, 2.75) is 6.92 Å². The van der Waals surface area contributed by atoms with Crippen LogP contribution in [0.15, 0.2) is 54.9 Å². The molecule has 0 bridgehead atoms. The van der Waals surface area contributed by atoms with E-state index in [0.717, 1.165) is 22.7 Å². The summed E-state index contributed by atoms with van der Waals surface area (Å²) >= 11 is 6.16. The molecule has 0 spiro atoms. The lowest BCUT2D eigenvalue weighted by molar-refractivity contribution is 0.331. The number of aromatic nitrogens is 2. The molecule has 27 heavy (non-hydrogen) atoms. The normalized spacial score (nSPS) is 10.3. The zero-order valence-electron chi connectivity index (χ0n) is 15.2. The maximum Gasteiger partial charge on any atom is 0.135 e. The first-order chi connectivity index (χ1) is 13.2. The van der Waals surface area contributed by atoms with Crippen molar-refractivity contribution in [1.82, 2.24) is 9.97 Å². The van der Waals surface area contributed by atoms with Gasteiger partial charge in [0.15, 0.2) is 0 Å². The summed E-state index contributed by atoms with van der Waals surface area (Å²) in [7, 11) is 1.64. The Balaban J connectivity index is 1.52. The Hall–Kier alpha value is -2.99. The Kier molecular flexibility index (Phi) is 6.33. The molecule has 3 rings (SSSR count). The van der Waals surface area contributed by atoms with E-state index in [2.05, 4.69) is 20.6 Å². The van der Waals surface area contributed by atoms with Gasteiger partial charge in [-0.2, -0.15) is 0 Å². The number of hydrogen-bond acceptors (Lipinski definition) is 6. The molecule has 3 aromatic rings. The van der Waals surface area contributed by atoms with Gasteiger partial charge >= 0.3 is 0 Å². The van der Waals surface area contributed by atoms with Crippen LogP contribution in [0.25, 0.3) is 0 Å². The van der Waals surface area contributed by atoms with Gasteiger partial charge in [-0.05, 0) is 48.9 Å². The Labute approximate surface area is 163 Å². The lowest BCUT2D eigenvalue weighted by atomic mass is 10.2. The number of methoxy groups -OCH3 is 1. The monoisotopic (exact) mass is 384 g/mol. The van der Waals surface area contributed by atoms with Crippen LogP contribution in [0.3, 0.4) is 0 Å². The lowest BCUT2D eigenvalue weighted by Gasteiger charge is -2.11. The van der Waals surface area contributed by atoms with Crippen LogP contribution in [0.4, 0.5) is 17.3 Å². The quantitative estimate of drug-likeness (QED) is 0.549. The fourth-order valence-electron chi connectivity index (χ4n) is 2.42. The van der Waals surface area contributed by atoms with Gasteiger partial charge in [-0.1, -0.05) is 17.7 Å². The molecule has 140 valence electrons. The van der Waals surface area contributed by atoms with E-state index in [4.69, 9.17) is 21.1 Å². The van der Waals surface area contributed by atoms with Gasteiger partial charge in [0.2, 0.25) is 0 Å². The molecular weight excluding hydrogens is 364 g/mol. The molecule has 1 heterocycles. The number of anilines is 3. The van der Waals surface area contributed by atoms with E-state index >= 15 is 0 Å². The van der Waals surface area contributed by atoms with Crippen molar-refractivity contribution in [2.75, 3.05) is 30.9 Å². The Bertz CT molecular complexity index is 887. The second kappa shape index (κ2) is 9.09. The fourth-order valence-corrected chi connectivity index (χ4v) is 2.60. The van der Waals surface area contributed by atoms with Crippen molar-refractivity contribution >= 4 is 28.9 Å². The Morgan fingerprint density at radius 3 is 2.52 bits per heavy atom. The summed E-state index contributed by atoms with van der Waals surface area (Å²) in [5, 5.41) is 7.20. The molecule has 0 unspecified atom stereocenters. The fraction of sp³-hybridized carbons (Fsp3) is 0.200. The topological polar surface area (TPSA) is 68.3 Å². The van der Waals surface area contributed by atoms with Gasteiger partial charge < -0.3 is 20.1 Å². The van der Waals surface area contributed by atoms with Crippen molar-refractivity contribution in [3.63, 3.8) is 0 Å². The van der Waals surface area contributed by atoms with Crippen LogP contribution in [-0.4, -0.2) is 30.2 Å². The van der Waals surface area contributed by atoms with Crippen LogP contribution < -0.4 is 20.1 Å². The van der Waals surface area contributed by atoms with Gasteiger partial charge in [0, 0.05) is 16.8 Å². The maximum absolute atomic E-state index is 6.16. The average molecular weight is 385 g/mol. The zero-order chi connectivity index (χ0) is 19.1. The second-order valence-corrected chi connectivity index (χ2v) is 6.18. The molecule has 2 aromatic carbocycles. The molecule has 7 heteroatoms. The minimum absolute atomic E-state index is 0.506. The van der Waals surface area contributed by atoms with Crippen molar-refractivity contribution in [1.29, 1.82) is 0 Å². The second-order valence-electron chi connectivity index (χ2n) is 5.78. The third-order valence-electron chi connectivity index (χ3n) is 3.93. The van der Waals surface area contributed by atoms with E-state index in [1.807, 2.05) is 55.5 Å². The van der Waals surface area contributed by atoms with E-state index in [0.29, 0.717) is 29.8 Å². The van der Waals surface area contributed by atoms with Gasteiger partial charge in [0.25, 0.3) is 0 Å². The largest absolute Gasteiger partial charge is 0.497 e. The van der Waals surface area contributed by atoms with Crippen LogP contribution in [0, 0.1) is 6.92 Å². The van der Waals surface area contributed by atoms with E-state index in [9.17, 15) is 0 Å². The van der Waals surface area contributed by atoms with E-state index in [1.54, 1.807) is 7.11 Å². The van der Waals surface area contributed by atoms with E-state index < -0.39 is 0 Å². The van der Waals surface area contributed by atoms with Gasteiger partial charge in [-0.3, -0.25) is 0 Å². The molecule has 0 amide bonds. The van der Waals surface area contributed by atoms with Gasteiger partial charge in [0.1, 0.15) is 36.1 Å². The highest BCUT2D eigenvalue weighted by Gasteiger charge is 2.04. The highest BCUT2D eigenvalue weighted by molar-refractivity contribution is 6.31. The summed E-state index contributed by atoms with van der Waals surface area (Å²) < 4.78 is 10.8. The van der Waals surface area contributed by atoms with Crippen LogP contribution in [0.5, 0.6) is 11.5 Å². The third-order valence-corrected chi connectivity index (χ3v) is 4.34. The van der Waals surface area contributed by atoms with E-state index in [-0.39, 0.29) is 0 Å². The first kappa shape index (κ1) is 18.8. The number of nitrogens with zero attached hydrogens (tertiary/aromatic N) is 2. The molecule has 0 saturated carbocycles. The molecule has 0 aliphatic carbocycles. The first-order valence-electron chi connectivity index (χ1n) is 8.50. The molecule has 1 aromatic heterocycles. The summed E-state index contributed by atoms with van der Waals surface area (Å²) in [6, 6.07) is 15.0. The number of halogens is 1. The van der Waals surface area contributed by atoms with Crippen LogP contribution in [0.2, 0.25) is 5.02 Å². The molecular formula is C20H21ClN4O2. The third kappa shape index (κ3) is 5.24. The highest BCUT2D eigenvalue weighted by atomic mass is 35.5. The zero-order valence-corrected chi connectivity index (χ0v) is 16.0. The highest BCUT2D eigenvalue weighted by Crippen LogP contribution is 2.25. The smallest absolute Gasteiger partial charge is 0.135 e. The summed E-state index contributed by atoms with van der Waals surface area (Å²) in [5.74, 6) is 3.00. The van der Waals surface area contributed by atoms with Crippen LogP contribution in [0.1, 0.15) is 5.56 Å². The average Bonchev–Trinajstić information content (AvgIpc) is 2.70. The van der Waals surface area contributed by atoms with Crippen molar-refractivity contribution in [3.8, 4) is 11.5 Å². The summed E-state index contributed by atoms with van der Waals surface area (Å²) in [5.41, 5.74) is 1.88. The summed E-state index contributed by atoms with van der Waals surface area (Å²) in [6.45, 7) is 3.08. The lowest BCUT2D eigenvalue weighted by Crippen LogP contribution is -2.12. The van der Waals surface area contributed by atoms with Crippen molar-refractivity contribution in [2.24, 2.45) is 0 Å². The minimum atomic E-state index is 0.506. The van der Waals surface area contributed by atoms with Crippen molar-refractivity contribution in [3.05, 3.63) is 65.4 Å². The van der Waals surface area contributed by atoms with Gasteiger partial charge in [0.05, 0.1) is 13.7 Å². The molecule has 0 saturated heterocycles. The van der Waals surface area contributed by atoms with Gasteiger partial charge in [-0.15, -0.1) is 0 Å². The Morgan fingerprint density at radius 2 is 1.74 bits per heavy atom. The number of benzene rings is 2. The molecule has 6 nitrogen and oxygen atoms in total. The first-order valence-corrected chi connectivity index (χ1v) is 8.88. The van der Waals surface area contributed by atoms with Crippen LogP contribution in [-0.2, 0) is 0 Å². The number of rotatable bonds is 8. The molecule has 0 fully saturated rings. The number of hydrogen-bond donors (Lipinski definition) is 2. The number of nitrogens with one attached hydrogen (secondary N) is 2. The predicted octanol–water partition coefficient (Wildman–Crippen LogP) is 4.68. The summed E-state index contributed by atoms with van der Waals surface area (Å²) in [4.78, 5) is 8.48. The SMILES string of the molecule is COc1ccc(OCCNc2cc(Nc3cccc(Cl)c3C)ncn2)cc1. The Morgan fingerprint density at radius 1 is 1.00 bits per heavy atom.